The zero-order valence-corrected chi connectivity index (χ0v) is 13.2. The molecule has 0 saturated carbocycles. The lowest BCUT2D eigenvalue weighted by atomic mass is 10.1. The number of esters is 1. The molecule has 0 atom stereocenters. The zero-order chi connectivity index (χ0) is 17.1. The normalized spacial score (nSPS) is 10.7. The molecular formula is C19H17NO4. The fourth-order valence-corrected chi connectivity index (χ4v) is 2.79. The van der Waals surface area contributed by atoms with Gasteiger partial charge in [-0.15, -0.1) is 0 Å². The van der Waals surface area contributed by atoms with Gasteiger partial charge in [0.1, 0.15) is 5.69 Å². The predicted molar refractivity (Wildman–Crippen MR) is 90.6 cm³/mol. The number of ether oxygens (including phenoxy) is 1. The van der Waals surface area contributed by atoms with Gasteiger partial charge in [-0.2, -0.15) is 0 Å². The van der Waals surface area contributed by atoms with Crippen molar-refractivity contribution < 1.29 is 19.4 Å². The van der Waals surface area contributed by atoms with Gasteiger partial charge < -0.3 is 14.4 Å². The van der Waals surface area contributed by atoms with E-state index >= 15 is 0 Å². The van der Waals surface area contributed by atoms with Gasteiger partial charge in [0.25, 0.3) is 0 Å². The van der Waals surface area contributed by atoms with Gasteiger partial charge in [-0.3, -0.25) is 4.79 Å². The second kappa shape index (κ2) is 6.58. The van der Waals surface area contributed by atoms with Crippen LogP contribution < -0.4 is 0 Å². The van der Waals surface area contributed by atoms with Crippen molar-refractivity contribution in [2.75, 3.05) is 7.11 Å². The smallest absolute Gasteiger partial charge is 0.352 e. The minimum absolute atomic E-state index is 0.210. The number of aromatic carboxylic acids is 1. The van der Waals surface area contributed by atoms with Crippen LogP contribution in [0.2, 0.25) is 0 Å². The fraction of sp³-hybridized carbons (Fsp3) is 0.158. The molecule has 0 bridgehead atoms. The van der Waals surface area contributed by atoms with Crippen LogP contribution in [0.15, 0.2) is 54.6 Å². The van der Waals surface area contributed by atoms with E-state index in [0.717, 1.165) is 22.2 Å². The number of hydrogen-bond acceptors (Lipinski definition) is 3. The monoisotopic (exact) mass is 323 g/mol. The van der Waals surface area contributed by atoms with Gasteiger partial charge in [0.2, 0.25) is 0 Å². The number of aromatic nitrogens is 1. The molecule has 0 aliphatic carbocycles. The molecule has 3 rings (SSSR count). The first-order chi connectivity index (χ1) is 11.6. The highest BCUT2D eigenvalue weighted by molar-refractivity contribution is 5.96. The van der Waals surface area contributed by atoms with Gasteiger partial charge in [-0.25, -0.2) is 4.79 Å². The van der Waals surface area contributed by atoms with Gasteiger partial charge in [-0.1, -0.05) is 30.3 Å². The van der Waals surface area contributed by atoms with Crippen molar-refractivity contribution >= 4 is 22.8 Å². The second-order valence-corrected chi connectivity index (χ2v) is 5.47. The lowest BCUT2D eigenvalue weighted by Gasteiger charge is -2.10. The number of nitrogens with zero attached hydrogens (tertiary/aromatic N) is 1. The van der Waals surface area contributed by atoms with Crippen LogP contribution in [0, 0.1) is 0 Å². The van der Waals surface area contributed by atoms with Gasteiger partial charge in [0.05, 0.1) is 12.6 Å². The van der Waals surface area contributed by atoms with Crippen molar-refractivity contribution in [1.29, 1.82) is 0 Å². The summed E-state index contributed by atoms with van der Waals surface area (Å²) in [7, 11) is 1.36. The number of benzene rings is 2. The Balaban J connectivity index is 2.05. The van der Waals surface area contributed by atoms with Crippen molar-refractivity contribution in [3.8, 4) is 5.69 Å². The van der Waals surface area contributed by atoms with Gasteiger partial charge in [-0.05, 0) is 36.2 Å². The quantitative estimate of drug-likeness (QED) is 0.730. The van der Waals surface area contributed by atoms with Crippen molar-refractivity contribution in [2.24, 2.45) is 0 Å². The maximum atomic E-state index is 11.6. The van der Waals surface area contributed by atoms with Crippen molar-refractivity contribution in [1.82, 2.24) is 4.57 Å². The summed E-state index contributed by atoms with van der Waals surface area (Å²) in [5.41, 5.74) is 2.75. The molecule has 0 aliphatic rings. The van der Waals surface area contributed by atoms with Crippen LogP contribution in [-0.4, -0.2) is 28.7 Å². The van der Waals surface area contributed by atoms with E-state index in [1.165, 1.54) is 7.11 Å². The topological polar surface area (TPSA) is 68.5 Å². The van der Waals surface area contributed by atoms with Crippen molar-refractivity contribution in [3.63, 3.8) is 0 Å². The number of methoxy groups -OCH3 is 1. The SMILES string of the molecule is COC(=O)CCc1cccc(-n2c(C(=O)O)cc3ccccc32)c1. The lowest BCUT2D eigenvalue weighted by Crippen LogP contribution is -2.07. The Hall–Kier alpha value is -3.08. The van der Waals surface area contributed by atoms with Crippen LogP contribution in [0.1, 0.15) is 22.5 Å². The summed E-state index contributed by atoms with van der Waals surface area (Å²) in [5.74, 6) is -1.25. The number of carboxylic acid groups (broad SMARTS) is 1. The number of carbonyl (C=O) groups excluding carboxylic acids is 1. The third-order valence-corrected chi connectivity index (χ3v) is 3.94. The van der Waals surface area contributed by atoms with E-state index in [1.54, 1.807) is 10.6 Å². The van der Waals surface area contributed by atoms with Crippen LogP contribution in [0.4, 0.5) is 0 Å². The van der Waals surface area contributed by atoms with E-state index in [9.17, 15) is 14.7 Å². The molecule has 24 heavy (non-hydrogen) atoms. The maximum Gasteiger partial charge on any atom is 0.352 e. The van der Waals surface area contributed by atoms with Gasteiger partial charge in [0, 0.05) is 17.5 Å². The average molecular weight is 323 g/mol. The highest BCUT2D eigenvalue weighted by Gasteiger charge is 2.16. The summed E-state index contributed by atoms with van der Waals surface area (Å²) >= 11 is 0. The Morgan fingerprint density at radius 1 is 1.08 bits per heavy atom. The first kappa shape index (κ1) is 15.8. The Morgan fingerprint density at radius 2 is 1.88 bits per heavy atom. The predicted octanol–water partition coefficient (Wildman–Crippen LogP) is 3.43. The highest BCUT2D eigenvalue weighted by Crippen LogP contribution is 2.25. The molecule has 2 aromatic carbocycles. The lowest BCUT2D eigenvalue weighted by molar-refractivity contribution is -0.140. The van der Waals surface area contributed by atoms with E-state index in [1.807, 2.05) is 48.5 Å². The summed E-state index contributed by atoms with van der Waals surface area (Å²) in [4.78, 5) is 22.9. The molecule has 1 N–H and O–H groups in total. The molecule has 0 amide bonds. The zero-order valence-electron chi connectivity index (χ0n) is 13.2. The number of rotatable bonds is 5. The molecule has 0 radical (unpaired) electrons. The van der Waals surface area contributed by atoms with Crippen LogP contribution in [0.5, 0.6) is 0 Å². The Labute approximate surface area is 139 Å². The Bertz CT molecular complexity index is 911. The number of aryl methyl sites for hydroxylation is 1. The first-order valence-corrected chi connectivity index (χ1v) is 7.60. The first-order valence-electron chi connectivity index (χ1n) is 7.60. The van der Waals surface area contributed by atoms with E-state index in [0.29, 0.717) is 6.42 Å². The summed E-state index contributed by atoms with van der Waals surface area (Å²) < 4.78 is 6.38. The summed E-state index contributed by atoms with van der Waals surface area (Å²) in [5, 5.41) is 10.4. The second-order valence-electron chi connectivity index (χ2n) is 5.47. The Kier molecular flexibility index (Phi) is 4.33. The molecule has 5 heteroatoms. The van der Waals surface area contributed by atoms with Crippen LogP contribution in [0.25, 0.3) is 16.6 Å². The van der Waals surface area contributed by atoms with Crippen LogP contribution in [-0.2, 0) is 16.0 Å². The van der Waals surface area contributed by atoms with Crippen LogP contribution >= 0.6 is 0 Å². The third kappa shape index (κ3) is 3.01. The van der Waals surface area contributed by atoms with Crippen LogP contribution in [0.3, 0.4) is 0 Å². The molecule has 0 fully saturated rings. The molecular weight excluding hydrogens is 306 g/mol. The average Bonchev–Trinajstić information content (AvgIpc) is 2.99. The minimum atomic E-state index is -0.980. The summed E-state index contributed by atoms with van der Waals surface area (Å²) in [6.07, 6.45) is 0.834. The molecule has 0 spiro atoms. The van der Waals surface area contributed by atoms with E-state index in [-0.39, 0.29) is 18.1 Å². The van der Waals surface area contributed by atoms with E-state index in [4.69, 9.17) is 0 Å². The van der Waals surface area contributed by atoms with E-state index < -0.39 is 5.97 Å². The molecule has 5 nitrogen and oxygen atoms in total. The largest absolute Gasteiger partial charge is 0.477 e. The van der Waals surface area contributed by atoms with Gasteiger partial charge >= 0.3 is 11.9 Å². The molecule has 1 heterocycles. The highest BCUT2D eigenvalue weighted by atomic mass is 16.5. The maximum absolute atomic E-state index is 11.6. The molecule has 122 valence electrons. The number of hydrogen-bond donors (Lipinski definition) is 1. The third-order valence-electron chi connectivity index (χ3n) is 3.94. The molecule has 3 aromatic rings. The number of para-hydroxylation sites is 1. The number of carbonyl (C=O) groups is 2. The van der Waals surface area contributed by atoms with Crippen molar-refractivity contribution in [2.45, 2.75) is 12.8 Å². The molecule has 0 unspecified atom stereocenters. The van der Waals surface area contributed by atoms with Gasteiger partial charge in [0.15, 0.2) is 0 Å². The van der Waals surface area contributed by atoms with E-state index in [2.05, 4.69) is 4.74 Å². The molecule has 0 saturated heterocycles. The Morgan fingerprint density at radius 3 is 2.62 bits per heavy atom. The number of fused-ring (bicyclic) bond motifs is 1. The molecule has 1 aromatic heterocycles. The standard InChI is InChI=1S/C19H17NO4/c1-24-18(21)10-9-13-5-4-7-15(11-13)20-16-8-3-2-6-14(16)12-17(20)19(22)23/h2-8,11-12H,9-10H2,1H3,(H,22,23). The summed E-state index contributed by atoms with van der Waals surface area (Å²) in [6.45, 7) is 0. The van der Waals surface area contributed by atoms with Crippen molar-refractivity contribution in [3.05, 3.63) is 65.9 Å². The molecule has 0 aliphatic heterocycles. The fourth-order valence-electron chi connectivity index (χ4n) is 2.79. The minimum Gasteiger partial charge on any atom is -0.477 e. The summed E-state index contributed by atoms with van der Waals surface area (Å²) in [6, 6.07) is 16.8. The number of carboxylic acids is 1.